The predicted octanol–water partition coefficient (Wildman–Crippen LogP) is 3.18. The average molecular weight is 195 g/mol. The summed E-state index contributed by atoms with van der Waals surface area (Å²) in [7, 11) is 0. The zero-order chi connectivity index (χ0) is 11.1. The molecule has 80 valence electrons. The van der Waals surface area contributed by atoms with Crippen LogP contribution in [0.15, 0.2) is 24.3 Å². The first-order valence-corrected chi connectivity index (χ1v) is 4.97. The lowest BCUT2D eigenvalue weighted by molar-refractivity contribution is 0.101. The molecule has 0 amide bonds. The minimum Gasteiger partial charge on any atom is -0.324 e. The van der Waals surface area contributed by atoms with Crippen LogP contribution in [-0.4, -0.2) is 5.78 Å². The normalized spacial score (nSPS) is 11.2. The molecule has 1 aromatic carbocycles. The Morgan fingerprint density at radius 3 is 2.00 bits per heavy atom. The van der Waals surface area contributed by atoms with Crippen LogP contribution in [0.4, 0.5) is 0 Å². The number of Topliss-reactive ketones (excluding diaryl/α,β-unsaturated/α-hetero) is 1. The van der Waals surface area contributed by atoms with Crippen molar-refractivity contribution in [1.29, 1.82) is 0 Å². The maximum Gasteiger partial charge on any atom is 0.159 e. The maximum atomic E-state index is 10.9. The molecule has 2 N–H and O–H groups in total. The molecular formula is C12H21NO. The maximum absolute atomic E-state index is 10.9. The Bertz CT molecular complexity index is 280. The molecule has 0 aromatic heterocycles. The van der Waals surface area contributed by atoms with Crippen LogP contribution >= 0.6 is 0 Å². The molecule has 2 heteroatoms. The second-order valence-electron chi connectivity index (χ2n) is 2.97. The molecule has 0 fully saturated rings. The molecule has 0 aliphatic carbocycles. The van der Waals surface area contributed by atoms with E-state index in [0.29, 0.717) is 0 Å². The third kappa shape index (κ3) is 3.71. The van der Waals surface area contributed by atoms with Gasteiger partial charge in [0.05, 0.1) is 0 Å². The summed E-state index contributed by atoms with van der Waals surface area (Å²) in [5, 5.41) is 0. The van der Waals surface area contributed by atoms with E-state index in [2.05, 4.69) is 0 Å². The highest BCUT2D eigenvalue weighted by atomic mass is 16.1. The summed E-state index contributed by atoms with van der Waals surface area (Å²) in [6.07, 6.45) is 0. The molecule has 0 unspecified atom stereocenters. The van der Waals surface area contributed by atoms with Gasteiger partial charge in [-0.05, 0) is 19.4 Å². The molecule has 0 bridgehead atoms. The molecule has 0 aliphatic heterocycles. The van der Waals surface area contributed by atoms with Gasteiger partial charge in [-0.3, -0.25) is 4.79 Å². The quantitative estimate of drug-likeness (QED) is 0.736. The van der Waals surface area contributed by atoms with Crippen molar-refractivity contribution in [3.05, 3.63) is 35.4 Å². The Balaban J connectivity index is 0. The SMILES string of the molecule is CC.CC(=O)c1ccc([C@@H](C)N)cc1.[HH]. The minimum absolute atomic E-state index is 0. The fourth-order valence-corrected chi connectivity index (χ4v) is 1.02. The molecular weight excluding hydrogens is 174 g/mol. The Morgan fingerprint density at radius 2 is 1.71 bits per heavy atom. The summed E-state index contributed by atoms with van der Waals surface area (Å²) in [4.78, 5) is 10.9. The summed E-state index contributed by atoms with van der Waals surface area (Å²) >= 11 is 0. The molecule has 2 nitrogen and oxygen atoms in total. The van der Waals surface area contributed by atoms with Gasteiger partial charge in [0.2, 0.25) is 0 Å². The van der Waals surface area contributed by atoms with Crippen molar-refractivity contribution in [2.75, 3.05) is 0 Å². The lowest BCUT2D eigenvalue weighted by Gasteiger charge is -2.04. The van der Waals surface area contributed by atoms with Crippen LogP contribution in [0.2, 0.25) is 0 Å². The topological polar surface area (TPSA) is 43.1 Å². The molecule has 14 heavy (non-hydrogen) atoms. The van der Waals surface area contributed by atoms with E-state index in [-0.39, 0.29) is 13.3 Å². The highest BCUT2D eigenvalue weighted by Crippen LogP contribution is 2.10. The van der Waals surface area contributed by atoms with Crippen molar-refractivity contribution < 1.29 is 6.22 Å². The summed E-state index contributed by atoms with van der Waals surface area (Å²) in [5.41, 5.74) is 7.45. The Labute approximate surface area is 87.6 Å². The van der Waals surface area contributed by atoms with Crippen LogP contribution in [0.3, 0.4) is 0 Å². The van der Waals surface area contributed by atoms with Crippen molar-refractivity contribution in [2.24, 2.45) is 5.73 Å². The van der Waals surface area contributed by atoms with Crippen LogP contribution in [0.1, 0.15) is 51.1 Å². The predicted molar refractivity (Wildman–Crippen MR) is 62.5 cm³/mol. The molecule has 1 aromatic rings. The van der Waals surface area contributed by atoms with Crippen molar-refractivity contribution in [3.63, 3.8) is 0 Å². The highest BCUT2D eigenvalue weighted by molar-refractivity contribution is 5.94. The molecule has 1 atom stereocenters. The van der Waals surface area contributed by atoms with E-state index in [0.717, 1.165) is 11.1 Å². The van der Waals surface area contributed by atoms with Crippen molar-refractivity contribution in [1.82, 2.24) is 0 Å². The Kier molecular flexibility index (Phi) is 5.81. The van der Waals surface area contributed by atoms with E-state index in [4.69, 9.17) is 5.73 Å². The third-order valence-electron chi connectivity index (χ3n) is 1.84. The number of benzene rings is 1. The number of nitrogens with two attached hydrogens (primary N) is 1. The monoisotopic (exact) mass is 195 g/mol. The van der Waals surface area contributed by atoms with Gasteiger partial charge in [0.15, 0.2) is 5.78 Å². The van der Waals surface area contributed by atoms with Gasteiger partial charge in [-0.25, -0.2) is 0 Å². The van der Waals surface area contributed by atoms with Gasteiger partial charge < -0.3 is 5.73 Å². The number of rotatable bonds is 2. The smallest absolute Gasteiger partial charge is 0.159 e. The van der Waals surface area contributed by atoms with E-state index in [1.807, 2.05) is 32.9 Å². The van der Waals surface area contributed by atoms with Crippen LogP contribution < -0.4 is 5.73 Å². The van der Waals surface area contributed by atoms with E-state index in [1.165, 1.54) is 0 Å². The molecule has 0 radical (unpaired) electrons. The molecule has 1 rings (SSSR count). The summed E-state index contributed by atoms with van der Waals surface area (Å²) in [5.74, 6) is 0.0891. The van der Waals surface area contributed by atoms with Gasteiger partial charge in [-0.2, -0.15) is 0 Å². The molecule has 0 aliphatic rings. The van der Waals surface area contributed by atoms with Gasteiger partial charge in [0.25, 0.3) is 0 Å². The van der Waals surface area contributed by atoms with Gasteiger partial charge in [0.1, 0.15) is 0 Å². The van der Waals surface area contributed by atoms with Crippen LogP contribution in [0.25, 0.3) is 0 Å². The lowest BCUT2D eigenvalue weighted by Crippen LogP contribution is -2.05. The highest BCUT2D eigenvalue weighted by Gasteiger charge is 2.00. The fraction of sp³-hybridized carbons (Fsp3) is 0.417. The van der Waals surface area contributed by atoms with Gasteiger partial charge in [0, 0.05) is 13.0 Å². The lowest BCUT2D eigenvalue weighted by atomic mass is 10.1. The van der Waals surface area contributed by atoms with Crippen LogP contribution in [-0.2, 0) is 0 Å². The average Bonchev–Trinajstić information content (AvgIpc) is 2.21. The molecule has 0 saturated carbocycles. The van der Waals surface area contributed by atoms with Crippen LogP contribution in [0.5, 0.6) is 0 Å². The van der Waals surface area contributed by atoms with Gasteiger partial charge in [-0.1, -0.05) is 38.1 Å². The number of carbonyl (C=O) groups excluding carboxylic acids is 1. The van der Waals surface area contributed by atoms with Crippen molar-refractivity contribution in [2.45, 2.75) is 33.7 Å². The number of carbonyl (C=O) groups is 1. The standard InChI is InChI=1S/C10H13NO.C2H6.H2/c1-7(11)9-3-5-10(6-4-9)8(2)12;1-2;/h3-7H,11H2,1-2H3;1-2H3;1H/t7-;;/m1../s1. The van der Waals surface area contributed by atoms with Crippen molar-refractivity contribution in [3.8, 4) is 0 Å². The first-order chi connectivity index (χ1) is 6.61. The molecule has 0 saturated heterocycles. The van der Waals surface area contributed by atoms with E-state index in [9.17, 15) is 4.79 Å². The zero-order valence-corrected chi connectivity index (χ0v) is 9.37. The molecule has 0 heterocycles. The minimum atomic E-state index is 0. The van der Waals surface area contributed by atoms with Crippen LogP contribution in [0, 0.1) is 0 Å². The first kappa shape index (κ1) is 12.8. The first-order valence-electron chi connectivity index (χ1n) is 4.97. The number of ketones is 1. The summed E-state index contributed by atoms with van der Waals surface area (Å²) < 4.78 is 0. The summed E-state index contributed by atoms with van der Waals surface area (Å²) in [6.45, 7) is 7.48. The van der Waals surface area contributed by atoms with Crippen molar-refractivity contribution >= 4 is 5.78 Å². The second-order valence-corrected chi connectivity index (χ2v) is 2.97. The largest absolute Gasteiger partial charge is 0.324 e. The fourth-order valence-electron chi connectivity index (χ4n) is 1.02. The van der Waals surface area contributed by atoms with E-state index >= 15 is 0 Å². The number of hydrogen-bond donors (Lipinski definition) is 1. The van der Waals surface area contributed by atoms with Gasteiger partial charge in [-0.15, -0.1) is 0 Å². The zero-order valence-electron chi connectivity index (χ0n) is 9.37. The Morgan fingerprint density at radius 1 is 1.29 bits per heavy atom. The third-order valence-corrected chi connectivity index (χ3v) is 1.84. The van der Waals surface area contributed by atoms with Gasteiger partial charge >= 0.3 is 0 Å². The number of hydrogen-bond acceptors (Lipinski definition) is 2. The Hall–Kier alpha value is -1.15. The van der Waals surface area contributed by atoms with E-state index in [1.54, 1.807) is 19.1 Å². The molecule has 0 spiro atoms. The second kappa shape index (κ2) is 6.33. The van der Waals surface area contributed by atoms with E-state index < -0.39 is 0 Å². The summed E-state index contributed by atoms with van der Waals surface area (Å²) in [6, 6.07) is 7.43.